The molecule has 0 bridgehead atoms. The molecule has 0 fully saturated rings. The molecule has 1 aromatic carbocycles. The number of aromatic nitrogens is 2. The van der Waals surface area contributed by atoms with E-state index in [1.165, 1.54) is 0 Å². The first-order valence-electron chi connectivity index (χ1n) is 4.47. The third-order valence-electron chi connectivity index (χ3n) is 2.33. The van der Waals surface area contributed by atoms with Gasteiger partial charge in [0.05, 0.1) is 5.69 Å². The second-order valence-electron chi connectivity index (χ2n) is 3.31. The molecule has 0 saturated carbocycles. The molecule has 72 valence electrons. The fraction of sp³-hybridized carbons (Fsp3) is 0.182. The molecule has 1 aromatic heterocycles. The number of rotatable bonds is 1. The second kappa shape index (κ2) is 3.18. The van der Waals surface area contributed by atoms with Crippen LogP contribution in [-0.4, -0.2) is 14.9 Å². The molecule has 1 N–H and O–H groups in total. The van der Waals surface area contributed by atoms with Gasteiger partial charge in [-0.05, 0) is 24.6 Å². The van der Waals surface area contributed by atoms with Gasteiger partial charge in [0, 0.05) is 18.8 Å². The fourth-order valence-electron chi connectivity index (χ4n) is 1.50. The quantitative estimate of drug-likeness (QED) is 0.744. The van der Waals surface area contributed by atoms with E-state index in [0.29, 0.717) is 5.75 Å². The van der Waals surface area contributed by atoms with E-state index in [-0.39, 0.29) is 0 Å². The Hall–Kier alpha value is -1.77. The summed E-state index contributed by atoms with van der Waals surface area (Å²) in [5.74, 6) is 0.330. The predicted molar refractivity (Wildman–Crippen MR) is 55.0 cm³/mol. The minimum atomic E-state index is 0.330. The van der Waals surface area contributed by atoms with Gasteiger partial charge in [0.15, 0.2) is 0 Å². The molecule has 0 atom stereocenters. The number of phenols is 1. The lowest BCUT2D eigenvalue weighted by Gasteiger charge is -2.06. The van der Waals surface area contributed by atoms with Crippen LogP contribution in [0.3, 0.4) is 0 Å². The Morgan fingerprint density at radius 1 is 1.29 bits per heavy atom. The molecule has 0 unspecified atom stereocenters. The van der Waals surface area contributed by atoms with Crippen molar-refractivity contribution in [3.63, 3.8) is 0 Å². The van der Waals surface area contributed by atoms with Gasteiger partial charge in [0.2, 0.25) is 0 Å². The van der Waals surface area contributed by atoms with E-state index in [1.807, 2.05) is 38.2 Å². The zero-order valence-electron chi connectivity index (χ0n) is 8.23. The molecular formula is C11H12N2O. The molecule has 0 spiro atoms. The maximum absolute atomic E-state index is 9.85. The number of aryl methyl sites for hydroxylation is 2. The van der Waals surface area contributed by atoms with E-state index in [9.17, 15) is 5.11 Å². The molecule has 2 rings (SSSR count). The third kappa shape index (κ3) is 1.27. The lowest BCUT2D eigenvalue weighted by Crippen LogP contribution is -1.93. The van der Waals surface area contributed by atoms with Gasteiger partial charge < -0.3 is 5.11 Å². The Morgan fingerprint density at radius 3 is 2.71 bits per heavy atom. The normalized spacial score (nSPS) is 10.4. The number of nitrogens with zero attached hydrogens (tertiary/aromatic N) is 2. The van der Waals surface area contributed by atoms with Crippen LogP contribution in [0, 0.1) is 6.92 Å². The van der Waals surface area contributed by atoms with Crippen LogP contribution in [0.2, 0.25) is 0 Å². The van der Waals surface area contributed by atoms with Crippen molar-refractivity contribution >= 4 is 0 Å². The van der Waals surface area contributed by atoms with Crippen molar-refractivity contribution in [1.29, 1.82) is 0 Å². The van der Waals surface area contributed by atoms with Crippen molar-refractivity contribution in [2.45, 2.75) is 6.92 Å². The number of aromatic hydroxyl groups is 1. The minimum Gasteiger partial charge on any atom is -0.507 e. The highest BCUT2D eigenvalue weighted by molar-refractivity contribution is 5.68. The van der Waals surface area contributed by atoms with E-state index in [4.69, 9.17) is 0 Å². The first kappa shape index (κ1) is 8.81. The molecule has 3 nitrogen and oxygen atoms in total. The Bertz CT molecular complexity index is 460. The molecule has 1 heterocycles. The van der Waals surface area contributed by atoms with Gasteiger partial charge >= 0.3 is 0 Å². The molecule has 0 radical (unpaired) electrons. The molecular weight excluding hydrogens is 176 g/mol. The average Bonchev–Trinajstić information content (AvgIpc) is 2.57. The van der Waals surface area contributed by atoms with Gasteiger partial charge in [0.25, 0.3) is 0 Å². The second-order valence-corrected chi connectivity index (χ2v) is 3.31. The molecule has 0 aliphatic heterocycles. The van der Waals surface area contributed by atoms with E-state index in [2.05, 4.69) is 5.10 Å². The van der Waals surface area contributed by atoms with Gasteiger partial charge in [-0.3, -0.25) is 4.68 Å². The van der Waals surface area contributed by atoms with Gasteiger partial charge in [-0.15, -0.1) is 0 Å². The van der Waals surface area contributed by atoms with Gasteiger partial charge in [-0.1, -0.05) is 12.1 Å². The molecule has 2 aromatic rings. The number of hydrogen-bond acceptors (Lipinski definition) is 2. The van der Waals surface area contributed by atoms with Gasteiger partial charge in [-0.2, -0.15) is 5.10 Å². The van der Waals surface area contributed by atoms with Crippen LogP contribution >= 0.6 is 0 Å². The SMILES string of the molecule is Cc1cccc(-c2ccnn2C)c1O. The van der Waals surface area contributed by atoms with Crippen LogP contribution in [0.1, 0.15) is 5.56 Å². The fourth-order valence-corrected chi connectivity index (χ4v) is 1.50. The summed E-state index contributed by atoms with van der Waals surface area (Å²) in [6, 6.07) is 7.58. The van der Waals surface area contributed by atoms with Gasteiger partial charge in [0.1, 0.15) is 5.75 Å². The average molecular weight is 188 g/mol. The molecule has 0 saturated heterocycles. The maximum Gasteiger partial charge on any atom is 0.127 e. The Balaban J connectivity index is 2.63. The highest BCUT2D eigenvalue weighted by Gasteiger charge is 2.08. The molecule has 0 amide bonds. The lowest BCUT2D eigenvalue weighted by atomic mass is 10.1. The van der Waals surface area contributed by atoms with E-state index >= 15 is 0 Å². The maximum atomic E-state index is 9.85. The van der Waals surface area contributed by atoms with Crippen LogP contribution in [0.5, 0.6) is 5.75 Å². The summed E-state index contributed by atoms with van der Waals surface area (Å²) < 4.78 is 1.74. The number of benzene rings is 1. The summed E-state index contributed by atoms with van der Waals surface area (Å²) in [4.78, 5) is 0. The number of para-hydroxylation sites is 1. The molecule has 3 heteroatoms. The summed E-state index contributed by atoms with van der Waals surface area (Å²) in [6.07, 6.45) is 1.72. The smallest absolute Gasteiger partial charge is 0.127 e. The Morgan fingerprint density at radius 2 is 2.07 bits per heavy atom. The van der Waals surface area contributed by atoms with Crippen molar-refractivity contribution in [3.05, 3.63) is 36.0 Å². The van der Waals surface area contributed by atoms with E-state index in [1.54, 1.807) is 10.9 Å². The minimum absolute atomic E-state index is 0.330. The number of hydrogen-bond donors (Lipinski definition) is 1. The largest absolute Gasteiger partial charge is 0.507 e. The van der Waals surface area contributed by atoms with E-state index in [0.717, 1.165) is 16.8 Å². The zero-order chi connectivity index (χ0) is 10.1. The molecule has 0 aliphatic rings. The summed E-state index contributed by atoms with van der Waals surface area (Å²) >= 11 is 0. The van der Waals surface area contributed by atoms with Crippen LogP contribution in [0.4, 0.5) is 0 Å². The van der Waals surface area contributed by atoms with Crippen LogP contribution < -0.4 is 0 Å². The van der Waals surface area contributed by atoms with Crippen LogP contribution in [-0.2, 0) is 7.05 Å². The van der Waals surface area contributed by atoms with Gasteiger partial charge in [-0.25, -0.2) is 0 Å². The first-order valence-corrected chi connectivity index (χ1v) is 4.47. The van der Waals surface area contributed by atoms with Crippen LogP contribution in [0.15, 0.2) is 30.5 Å². The standard InChI is InChI=1S/C11H12N2O/c1-8-4-3-5-9(11(8)14)10-6-7-12-13(10)2/h3-7,14H,1-2H3. The van der Waals surface area contributed by atoms with Crippen molar-refractivity contribution in [1.82, 2.24) is 9.78 Å². The third-order valence-corrected chi connectivity index (χ3v) is 2.33. The highest BCUT2D eigenvalue weighted by atomic mass is 16.3. The summed E-state index contributed by atoms with van der Waals surface area (Å²) in [6.45, 7) is 1.88. The van der Waals surface area contributed by atoms with Crippen molar-refractivity contribution in [2.75, 3.05) is 0 Å². The summed E-state index contributed by atoms with van der Waals surface area (Å²) in [5.41, 5.74) is 2.62. The zero-order valence-corrected chi connectivity index (χ0v) is 8.23. The van der Waals surface area contributed by atoms with Crippen molar-refractivity contribution < 1.29 is 5.11 Å². The Kier molecular flexibility index (Phi) is 2.00. The summed E-state index contributed by atoms with van der Waals surface area (Å²) in [7, 11) is 1.86. The van der Waals surface area contributed by atoms with Crippen molar-refractivity contribution in [3.8, 4) is 17.0 Å². The topological polar surface area (TPSA) is 38.0 Å². The number of phenolic OH excluding ortho intramolecular Hbond substituents is 1. The predicted octanol–water partition coefficient (Wildman–Crippen LogP) is 2.10. The summed E-state index contributed by atoms with van der Waals surface area (Å²) in [5, 5.41) is 13.9. The van der Waals surface area contributed by atoms with Crippen molar-refractivity contribution in [2.24, 2.45) is 7.05 Å². The first-order chi connectivity index (χ1) is 6.70. The lowest BCUT2D eigenvalue weighted by molar-refractivity contribution is 0.472. The van der Waals surface area contributed by atoms with E-state index < -0.39 is 0 Å². The Labute approximate surface area is 82.6 Å². The monoisotopic (exact) mass is 188 g/mol. The van der Waals surface area contributed by atoms with Crippen LogP contribution in [0.25, 0.3) is 11.3 Å². The highest BCUT2D eigenvalue weighted by Crippen LogP contribution is 2.30. The molecule has 0 aliphatic carbocycles. The molecule has 14 heavy (non-hydrogen) atoms.